The molecule has 126 valence electrons. The van der Waals surface area contributed by atoms with Crippen LogP contribution in [-0.2, 0) is 19.1 Å². The Labute approximate surface area is 142 Å². The van der Waals surface area contributed by atoms with E-state index in [9.17, 15) is 14.4 Å². The van der Waals surface area contributed by atoms with Gasteiger partial charge in [0, 0.05) is 18.5 Å². The molecule has 0 spiro atoms. The van der Waals surface area contributed by atoms with Crippen molar-refractivity contribution in [3.05, 3.63) is 34.3 Å². The second kappa shape index (κ2) is 9.26. The van der Waals surface area contributed by atoms with Crippen molar-refractivity contribution in [2.75, 3.05) is 13.7 Å². The summed E-state index contributed by atoms with van der Waals surface area (Å²) in [7, 11) is 1.35. The summed E-state index contributed by atoms with van der Waals surface area (Å²) in [5.41, 5.74) is 0.747. The second-order valence-electron chi connectivity index (χ2n) is 4.92. The molecule has 0 aliphatic heterocycles. The first kappa shape index (κ1) is 19.1. The van der Waals surface area contributed by atoms with Crippen molar-refractivity contribution in [2.24, 2.45) is 0 Å². The Balaban J connectivity index is 2.80. The minimum Gasteiger partial charge on any atom is -0.480 e. The van der Waals surface area contributed by atoms with Crippen molar-refractivity contribution in [1.29, 1.82) is 0 Å². The van der Waals surface area contributed by atoms with Crippen molar-refractivity contribution in [3.8, 4) is 0 Å². The van der Waals surface area contributed by atoms with E-state index in [0.29, 0.717) is 0 Å². The Hall–Kier alpha value is -1.93. The SMILES string of the molecule is COCC(NC(=O)CC(NC(C)=O)c1ccc(Br)cc1)C(=O)O. The number of aliphatic carboxylic acids is 1. The summed E-state index contributed by atoms with van der Waals surface area (Å²) in [6, 6.07) is 5.48. The largest absolute Gasteiger partial charge is 0.480 e. The highest BCUT2D eigenvalue weighted by atomic mass is 79.9. The van der Waals surface area contributed by atoms with Gasteiger partial charge in [0.2, 0.25) is 11.8 Å². The van der Waals surface area contributed by atoms with Crippen molar-refractivity contribution in [3.63, 3.8) is 0 Å². The first-order valence-electron chi connectivity index (χ1n) is 6.87. The molecule has 2 unspecified atom stereocenters. The van der Waals surface area contributed by atoms with Gasteiger partial charge in [0.1, 0.15) is 0 Å². The van der Waals surface area contributed by atoms with Gasteiger partial charge in [-0.1, -0.05) is 28.1 Å². The molecule has 3 N–H and O–H groups in total. The van der Waals surface area contributed by atoms with E-state index in [2.05, 4.69) is 26.6 Å². The molecule has 0 saturated heterocycles. The third kappa shape index (κ3) is 6.79. The molecule has 8 heteroatoms. The second-order valence-corrected chi connectivity index (χ2v) is 5.84. The third-order valence-corrected chi connectivity index (χ3v) is 3.53. The monoisotopic (exact) mass is 386 g/mol. The van der Waals surface area contributed by atoms with E-state index in [-0.39, 0.29) is 18.9 Å². The van der Waals surface area contributed by atoms with Gasteiger partial charge in [-0.05, 0) is 17.7 Å². The van der Waals surface area contributed by atoms with Gasteiger partial charge in [0.15, 0.2) is 6.04 Å². The normalized spacial score (nSPS) is 13.0. The van der Waals surface area contributed by atoms with Crippen LogP contribution in [0.5, 0.6) is 0 Å². The van der Waals surface area contributed by atoms with Crippen LogP contribution in [0.4, 0.5) is 0 Å². The number of methoxy groups -OCH3 is 1. The van der Waals surface area contributed by atoms with Gasteiger partial charge in [0.05, 0.1) is 19.1 Å². The number of carboxylic acids is 1. The van der Waals surface area contributed by atoms with E-state index in [4.69, 9.17) is 9.84 Å². The van der Waals surface area contributed by atoms with Crippen molar-refractivity contribution in [2.45, 2.75) is 25.4 Å². The lowest BCUT2D eigenvalue weighted by molar-refractivity contribution is -0.143. The molecular formula is C15H19BrN2O5. The van der Waals surface area contributed by atoms with E-state index in [1.54, 1.807) is 24.3 Å². The van der Waals surface area contributed by atoms with Gasteiger partial charge in [-0.2, -0.15) is 0 Å². The molecule has 0 aromatic heterocycles. The van der Waals surface area contributed by atoms with Gasteiger partial charge in [-0.3, -0.25) is 9.59 Å². The van der Waals surface area contributed by atoms with Crippen LogP contribution in [0, 0.1) is 0 Å². The zero-order valence-electron chi connectivity index (χ0n) is 12.8. The van der Waals surface area contributed by atoms with Gasteiger partial charge in [0.25, 0.3) is 0 Å². The summed E-state index contributed by atoms with van der Waals surface area (Å²) in [5.74, 6) is -1.95. The Kier molecular flexibility index (Phi) is 7.70. The van der Waals surface area contributed by atoms with Crippen molar-refractivity contribution >= 4 is 33.7 Å². The maximum absolute atomic E-state index is 12.1. The Morgan fingerprint density at radius 3 is 2.30 bits per heavy atom. The molecule has 23 heavy (non-hydrogen) atoms. The van der Waals surface area contributed by atoms with Gasteiger partial charge in [-0.25, -0.2) is 4.79 Å². The predicted molar refractivity (Wildman–Crippen MR) is 86.8 cm³/mol. The average molecular weight is 387 g/mol. The molecule has 0 fully saturated rings. The molecule has 0 aliphatic carbocycles. The minimum atomic E-state index is -1.18. The van der Waals surface area contributed by atoms with E-state index < -0.39 is 24.0 Å². The van der Waals surface area contributed by atoms with E-state index >= 15 is 0 Å². The quantitative estimate of drug-likeness (QED) is 0.623. The molecule has 0 saturated carbocycles. The van der Waals surface area contributed by atoms with Crippen LogP contribution in [0.15, 0.2) is 28.7 Å². The maximum atomic E-state index is 12.1. The highest BCUT2D eigenvalue weighted by molar-refractivity contribution is 9.10. The fourth-order valence-electron chi connectivity index (χ4n) is 1.97. The fourth-order valence-corrected chi connectivity index (χ4v) is 2.24. The summed E-state index contributed by atoms with van der Waals surface area (Å²) in [6.07, 6.45) is -0.0747. The predicted octanol–water partition coefficient (Wildman–Crippen LogP) is 1.23. The number of carbonyl (C=O) groups is 3. The number of halogens is 1. The van der Waals surface area contributed by atoms with Crippen LogP contribution in [0.1, 0.15) is 24.9 Å². The number of benzene rings is 1. The van der Waals surface area contributed by atoms with Gasteiger partial charge < -0.3 is 20.5 Å². The summed E-state index contributed by atoms with van der Waals surface area (Å²) < 4.78 is 5.64. The van der Waals surface area contributed by atoms with E-state index in [1.807, 2.05) is 0 Å². The lowest BCUT2D eigenvalue weighted by Gasteiger charge is -2.20. The molecular weight excluding hydrogens is 368 g/mol. The number of rotatable bonds is 8. The first-order valence-corrected chi connectivity index (χ1v) is 7.66. The molecule has 0 radical (unpaired) electrons. The average Bonchev–Trinajstić information content (AvgIpc) is 2.46. The lowest BCUT2D eigenvalue weighted by Crippen LogP contribution is -2.45. The number of carboxylic acid groups (broad SMARTS) is 1. The Morgan fingerprint density at radius 1 is 1.22 bits per heavy atom. The molecule has 7 nitrogen and oxygen atoms in total. The first-order chi connectivity index (χ1) is 10.8. The summed E-state index contributed by atoms with van der Waals surface area (Å²) >= 11 is 3.32. The molecule has 0 aliphatic rings. The highest BCUT2D eigenvalue weighted by Gasteiger charge is 2.23. The number of hydrogen-bond acceptors (Lipinski definition) is 4. The molecule has 0 bridgehead atoms. The van der Waals surface area contributed by atoms with Crippen LogP contribution >= 0.6 is 15.9 Å². The molecule has 1 aromatic rings. The Morgan fingerprint density at radius 2 is 1.83 bits per heavy atom. The minimum absolute atomic E-state index is 0.0747. The van der Waals surface area contributed by atoms with Gasteiger partial charge >= 0.3 is 5.97 Å². The molecule has 2 amide bonds. The van der Waals surface area contributed by atoms with Crippen LogP contribution < -0.4 is 10.6 Å². The molecule has 1 aromatic carbocycles. The summed E-state index contributed by atoms with van der Waals surface area (Å²) in [5, 5.41) is 14.1. The molecule has 0 heterocycles. The number of ether oxygens (including phenoxy) is 1. The van der Waals surface area contributed by atoms with Crippen LogP contribution in [0.2, 0.25) is 0 Å². The summed E-state index contributed by atoms with van der Waals surface area (Å²) in [6.45, 7) is 1.22. The van der Waals surface area contributed by atoms with E-state index in [0.717, 1.165) is 10.0 Å². The van der Waals surface area contributed by atoms with Crippen molar-refractivity contribution in [1.82, 2.24) is 10.6 Å². The standard InChI is InChI=1S/C15H19BrN2O5/c1-9(19)17-12(10-3-5-11(16)6-4-10)7-14(20)18-13(8-23-2)15(21)22/h3-6,12-13H,7-8H2,1-2H3,(H,17,19)(H,18,20)(H,21,22). The third-order valence-electron chi connectivity index (χ3n) is 3.01. The van der Waals surface area contributed by atoms with Crippen LogP contribution in [0.3, 0.4) is 0 Å². The number of nitrogens with one attached hydrogen (secondary N) is 2. The maximum Gasteiger partial charge on any atom is 0.328 e. The van der Waals surface area contributed by atoms with Crippen molar-refractivity contribution < 1.29 is 24.2 Å². The highest BCUT2D eigenvalue weighted by Crippen LogP contribution is 2.19. The molecule has 1 rings (SSSR count). The van der Waals surface area contributed by atoms with E-state index in [1.165, 1.54) is 14.0 Å². The number of hydrogen-bond donors (Lipinski definition) is 3. The topological polar surface area (TPSA) is 105 Å². The van der Waals surface area contributed by atoms with Gasteiger partial charge in [-0.15, -0.1) is 0 Å². The zero-order valence-corrected chi connectivity index (χ0v) is 14.4. The lowest BCUT2D eigenvalue weighted by atomic mass is 10.0. The summed E-state index contributed by atoms with van der Waals surface area (Å²) in [4.78, 5) is 34.4. The molecule has 2 atom stereocenters. The zero-order chi connectivity index (χ0) is 17.4. The fraction of sp³-hybridized carbons (Fsp3) is 0.400. The van der Waals surface area contributed by atoms with Crippen LogP contribution in [-0.4, -0.2) is 42.6 Å². The number of carbonyl (C=O) groups excluding carboxylic acids is 2. The smallest absolute Gasteiger partial charge is 0.328 e. The Bertz CT molecular complexity index is 561. The number of amides is 2. The van der Waals surface area contributed by atoms with Crippen LogP contribution in [0.25, 0.3) is 0 Å².